The Kier molecular flexibility index (Phi) is 5.82. The van der Waals surface area contributed by atoms with Gasteiger partial charge in [0.15, 0.2) is 0 Å². The van der Waals surface area contributed by atoms with Gasteiger partial charge in [-0.15, -0.1) is 0 Å². The first kappa shape index (κ1) is 16.5. The Morgan fingerprint density at radius 2 is 1.84 bits per heavy atom. The third kappa shape index (κ3) is 5.12. The number of rotatable bonds is 7. The first-order chi connectivity index (χ1) is 8.80. The van der Waals surface area contributed by atoms with Crippen molar-refractivity contribution in [3.8, 4) is 5.75 Å². The van der Waals surface area contributed by atoms with Gasteiger partial charge in [0.1, 0.15) is 5.75 Å². The number of sulfonamides is 1. The number of methoxy groups -OCH3 is 1. The molecule has 0 aromatic heterocycles. The number of benzene rings is 1. The topological polar surface area (TPSA) is 55.4 Å². The van der Waals surface area contributed by atoms with E-state index < -0.39 is 10.0 Å². The second kappa shape index (κ2) is 6.72. The summed E-state index contributed by atoms with van der Waals surface area (Å²) in [4.78, 5) is 0.253. The van der Waals surface area contributed by atoms with Crippen molar-refractivity contribution in [3.63, 3.8) is 0 Å². The van der Waals surface area contributed by atoms with Crippen molar-refractivity contribution in [1.29, 1.82) is 0 Å². The lowest BCUT2D eigenvalue weighted by atomic mass is 9.91. The molecule has 0 fully saturated rings. The lowest BCUT2D eigenvalue weighted by Crippen LogP contribution is -2.34. The average Bonchev–Trinajstić information content (AvgIpc) is 2.37. The summed E-state index contributed by atoms with van der Waals surface area (Å²) in [6.07, 6.45) is 0.901. The molecule has 0 saturated heterocycles. The number of nitrogens with one attached hydrogen (secondary N) is 1. The van der Waals surface area contributed by atoms with Crippen LogP contribution in [0.2, 0.25) is 0 Å². The van der Waals surface area contributed by atoms with E-state index in [1.165, 1.54) is 0 Å². The Morgan fingerprint density at radius 1 is 1.26 bits per heavy atom. The molecule has 0 saturated carbocycles. The first-order valence-corrected chi connectivity index (χ1v) is 8.61. The zero-order valence-electron chi connectivity index (χ0n) is 11.4. The van der Waals surface area contributed by atoms with Crippen molar-refractivity contribution in [1.82, 2.24) is 4.72 Å². The van der Waals surface area contributed by atoms with Crippen LogP contribution in [0.3, 0.4) is 0 Å². The molecular formula is C13H20BrNO3S. The standard InChI is InChI=1S/C13H20BrNO3S/c1-13(2,8-9-14)10-15-19(16,17)12-6-4-11(18-3)5-7-12/h4-7,15H,8-10H2,1-3H3. The van der Waals surface area contributed by atoms with Gasteiger partial charge in [-0.25, -0.2) is 13.1 Å². The second-order valence-electron chi connectivity index (χ2n) is 5.10. The summed E-state index contributed by atoms with van der Waals surface area (Å²) < 4.78 is 31.9. The van der Waals surface area contributed by atoms with Crippen LogP contribution in [-0.4, -0.2) is 27.4 Å². The highest BCUT2D eigenvalue weighted by atomic mass is 79.9. The van der Waals surface area contributed by atoms with Gasteiger partial charge >= 0.3 is 0 Å². The molecule has 0 atom stereocenters. The van der Waals surface area contributed by atoms with Crippen molar-refractivity contribution in [2.75, 3.05) is 19.0 Å². The van der Waals surface area contributed by atoms with Crippen molar-refractivity contribution in [3.05, 3.63) is 24.3 Å². The zero-order chi connectivity index (χ0) is 14.5. The van der Waals surface area contributed by atoms with E-state index in [0.29, 0.717) is 12.3 Å². The molecule has 0 bridgehead atoms. The fourth-order valence-electron chi connectivity index (χ4n) is 1.47. The van der Waals surface area contributed by atoms with E-state index in [4.69, 9.17) is 4.74 Å². The molecule has 0 unspecified atom stereocenters. The van der Waals surface area contributed by atoms with Gasteiger partial charge in [0.05, 0.1) is 12.0 Å². The highest BCUT2D eigenvalue weighted by Gasteiger charge is 2.21. The largest absolute Gasteiger partial charge is 0.497 e. The van der Waals surface area contributed by atoms with Gasteiger partial charge in [0, 0.05) is 11.9 Å². The maximum absolute atomic E-state index is 12.1. The Balaban J connectivity index is 2.75. The molecule has 108 valence electrons. The van der Waals surface area contributed by atoms with Crippen molar-refractivity contribution in [2.45, 2.75) is 25.2 Å². The minimum absolute atomic E-state index is 0.0803. The maximum Gasteiger partial charge on any atom is 0.240 e. The van der Waals surface area contributed by atoms with Crippen molar-refractivity contribution >= 4 is 26.0 Å². The predicted octanol–water partition coefficient (Wildman–Crippen LogP) is 2.78. The van der Waals surface area contributed by atoms with Gasteiger partial charge in [-0.1, -0.05) is 29.8 Å². The van der Waals surface area contributed by atoms with Crippen LogP contribution >= 0.6 is 15.9 Å². The molecule has 1 N–H and O–H groups in total. The monoisotopic (exact) mass is 349 g/mol. The molecule has 0 radical (unpaired) electrons. The summed E-state index contributed by atoms with van der Waals surface area (Å²) in [6, 6.07) is 6.35. The van der Waals surface area contributed by atoms with E-state index in [2.05, 4.69) is 20.7 Å². The van der Waals surface area contributed by atoms with Crippen LogP contribution in [0.15, 0.2) is 29.2 Å². The molecule has 6 heteroatoms. The maximum atomic E-state index is 12.1. The van der Waals surface area contributed by atoms with Crippen LogP contribution in [0.1, 0.15) is 20.3 Å². The van der Waals surface area contributed by atoms with Gasteiger partial charge in [0.2, 0.25) is 10.0 Å². The van der Waals surface area contributed by atoms with Crippen molar-refractivity contribution in [2.24, 2.45) is 5.41 Å². The Hall–Kier alpha value is -0.590. The van der Waals surface area contributed by atoms with Gasteiger partial charge < -0.3 is 4.74 Å². The highest BCUT2D eigenvalue weighted by Crippen LogP contribution is 2.21. The molecule has 1 aromatic rings. The Morgan fingerprint density at radius 3 is 2.32 bits per heavy atom. The minimum Gasteiger partial charge on any atom is -0.497 e. The quantitative estimate of drug-likeness (QED) is 0.770. The van der Waals surface area contributed by atoms with Crippen LogP contribution in [-0.2, 0) is 10.0 Å². The van der Waals surface area contributed by atoms with E-state index in [1.54, 1.807) is 31.4 Å². The SMILES string of the molecule is COc1ccc(S(=O)(=O)NCC(C)(C)CCBr)cc1. The Labute approximate surface area is 123 Å². The first-order valence-electron chi connectivity index (χ1n) is 6.00. The fraction of sp³-hybridized carbons (Fsp3) is 0.538. The highest BCUT2D eigenvalue weighted by molar-refractivity contribution is 9.09. The molecule has 4 nitrogen and oxygen atoms in total. The minimum atomic E-state index is -3.46. The normalized spacial score (nSPS) is 12.4. The summed E-state index contributed by atoms with van der Waals surface area (Å²) >= 11 is 3.38. The lowest BCUT2D eigenvalue weighted by Gasteiger charge is -2.23. The number of hydrogen-bond acceptors (Lipinski definition) is 3. The average molecular weight is 350 g/mol. The van der Waals surface area contributed by atoms with Crippen molar-refractivity contribution < 1.29 is 13.2 Å². The van der Waals surface area contributed by atoms with Gasteiger partial charge in [0.25, 0.3) is 0 Å². The van der Waals surface area contributed by atoms with E-state index >= 15 is 0 Å². The van der Waals surface area contributed by atoms with Crippen LogP contribution in [0.4, 0.5) is 0 Å². The number of alkyl halides is 1. The lowest BCUT2D eigenvalue weighted by molar-refractivity contribution is 0.354. The molecule has 0 amide bonds. The molecule has 19 heavy (non-hydrogen) atoms. The van der Waals surface area contributed by atoms with E-state index in [9.17, 15) is 8.42 Å². The smallest absolute Gasteiger partial charge is 0.240 e. The van der Waals surface area contributed by atoms with E-state index in [0.717, 1.165) is 11.8 Å². The van der Waals surface area contributed by atoms with Gasteiger partial charge in [-0.05, 0) is 36.1 Å². The molecule has 1 rings (SSSR count). The number of halogens is 1. The molecule has 0 aliphatic rings. The zero-order valence-corrected chi connectivity index (χ0v) is 13.8. The summed E-state index contributed by atoms with van der Waals surface area (Å²) in [5.41, 5.74) is -0.0803. The van der Waals surface area contributed by atoms with Crippen LogP contribution in [0, 0.1) is 5.41 Å². The fourth-order valence-corrected chi connectivity index (χ4v) is 3.79. The van der Waals surface area contributed by atoms with Crippen LogP contribution in [0.25, 0.3) is 0 Å². The third-order valence-corrected chi connectivity index (χ3v) is 4.70. The van der Waals surface area contributed by atoms with Crippen LogP contribution in [0.5, 0.6) is 5.75 Å². The van der Waals surface area contributed by atoms with Gasteiger partial charge in [-0.2, -0.15) is 0 Å². The van der Waals surface area contributed by atoms with E-state index in [-0.39, 0.29) is 10.3 Å². The molecule has 0 spiro atoms. The van der Waals surface area contributed by atoms with E-state index in [1.807, 2.05) is 13.8 Å². The summed E-state index contributed by atoms with van der Waals surface area (Å²) in [6.45, 7) is 4.47. The second-order valence-corrected chi connectivity index (χ2v) is 7.66. The molecule has 1 aromatic carbocycles. The Bertz CT molecular complexity index is 497. The molecule has 0 heterocycles. The number of hydrogen-bond donors (Lipinski definition) is 1. The number of ether oxygens (including phenoxy) is 1. The molecular weight excluding hydrogens is 330 g/mol. The molecule has 0 aliphatic carbocycles. The third-order valence-electron chi connectivity index (χ3n) is 2.88. The summed E-state index contributed by atoms with van der Waals surface area (Å²) in [5, 5.41) is 0.851. The predicted molar refractivity (Wildman–Crippen MR) is 80.4 cm³/mol. The van der Waals surface area contributed by atoms with Crippen LogP contribution < -0.4 is 9.46 Å². The van der Waals surface area contributed by atoms with Gasteiger partial charge in [-0.3, -0.25) is 0 Å². The molecule has 0 aliphatic heterocycles. The summed E-state index contributed by atoms with van der Waals surface area (Å²) in [7, 11) is -1.91. The summed E-state index contributed by atoms with van der Waals surface area (Å²) in [5.74, 6) is 0.638.